The maximum Gasteiger partial charge on any atom is 0.255 e. The van der Waals surface area contributed by atoms with Crippen molar-refractivity contribution >= 4 is 60.1 Å². The molecule has 25 heavy (non-hydrogen) atoms. The topological polar surface area (TPSA) is 36.4 Å². The lowest BCUT2D eigenvalue weighted by molar-refractivity contribution is 0.0747. The van der Waals surface area contributed by atoms with Crippen LogP contribution in [0.1, 0.15) is 10.4 Å². The number of piperazine rings is 1. The number of nitrogens with zero attached hydrogens (tertiary/aromatic N) is 3. The van der Waals surface area contributed by atoms with Crippen LogP contribution in [0.25, 0.3) is 10.2 Å². The van der Waals surface area contributed by atoms with Crippen molar-refractivity contribution in [3.8, 4) is 0 Å². The largest absolute Gasteiger partial charge is 0.345 e. The van der Waals surface area contributed by atoms with Crippen molar-refractivity contribution in [1.29, 1.82) is 0 Å². The van der Waals surface area contributed by atoms with Crippen LogP contribution in [0.5, 0.6) is 0 Å². The van der Waals surface area contributed by atoms with E-state index < -0.39 is 0 Å². The van der Waals surface area contributed by atoms with E-state index in [0.29, 0.717) is 23.7 Å². The second-order valence-corrected chi connectivity index (χ2v) is 8.20. The Morgan fingerprint density at radius 2 is 1.88 bits per heavy atom. The van der Waals surface area contributed by atoms with Gasteiger partial charge in [0.25, 0.3) is 5.91 Å². The maximum atomic E-state index is 12.6. The van der Waals surface area contributed by atoms with Gasteiger partial charge in [-0.05, 0) is 30.3 Å². The Hall–Kier alpha value is -1.63. The Kier molecular flexibility index (Phi) is 4.67. The smallest absolute Gasteiger partial charge is 0.255 e. The van der Waals surface area contributed by atoms with Crippen molar-refractivity contribution in [1.82, 2.24) is 9.88 Å². The van der Waals surface area contributed by atoms with Gasteiger partial charge < -0.3 is 9.80 Å². The first-order chi connectivity index (χ1) is 12.1. The van der Waals surface area contributed by atoms with Gasteiger partial charge in [0.1, 0.15) is 0 Å². The molecular weight excluding hydrogens is 422 g/mol. The Labute approximate surface area is 163 Å². The Morgan fingerprint density at radius 1 is 1.12 bits per heavy atom. The second-order valence-electron chi connectivity index (χ2n) is 5.87. The number of aromatic nitrogens is 1. The number of hydrogen-bond acceptors (Lipinski definition) is 4. The summed E-state index contributed by atoms with van der Waals surface area (Å²) in [6.07, 6.45) is 0. The summed E-state index contributed by atoms with van der Waals surface area (Å²) in [6.45, 7) is 2.89. The van der Waals surface area contributed by atoms with Crippen molar-refractivity contribution in [2.75, 3.05) is 31.1 Å². The molecule has 0 bridgehead atoms. The van der Waals surface area contributed by atoms with Crippen LogP contribution in [0.15, 0.2) is 46.9 Å². The first kappa shape index (κ1) is 16.8. The number of benzene rings is 2. The fraction of sp³-hybridized carbons (Fsp3) is 0.222. The summed E-state index contributed by atoms with van der Waals surface area (Å²) < 4.78 is 2.23. The molecule has 0 atom stereocenters. The van der Waals surface area contributed by atoms with E-state index in [4.69, 9.17) is 16.6 Å². The highest BCUT2D eigenvalue weighted by Gasteiger charge is 2.24. The summed E-state index contributed by atoms with van der Waals surface area (Å²) in [7, 11) is 0. The number of fused-ring (bicyclic) bond motifs is 1. The lowest BCUT2D eigenvalue weighted by Crippen LogP contribution is -2.48. The third-order valence-corrected chi connectivity index (χ3v) is 6.18. The van der Waals surface area contributed by atoms with Gasteiger partial charge in [-0.25, -0.2) is 4.98 Å². The molecule has 1 amide bonds. The number of carbonyl (C=O) groups is 1. The van der Waals surface area contributed by atoms with E-state index in [2.05, 4.69) is 26.9 Å². The highest BCUT2D eigenvalue weighted by molar-refractivity contribution is 9.10. The summed E-state index contributed by atoms with van der Waals surface area (Å²) in [5, 5.41) is 1.52. The van der Waals surface area contributed by atoms with Gasteiger partial charge in [-0.15, -0.1) is 0 Å². The molecular formula is C18H15BrClN3OS. The van der Waals surface area contributed by atoms with E-state index >= 15 is 0 Å². The van der Waals surface area contributed by atoms with E-state index in [9.17, 15) is 4.79 Å². The first-order valence-corrected chi connectivity index (χ1v) is 9.95. The summed E-state index contributed by atoms with van der Waals surface area (Å²) in [4.78, 5) is 21.5. The molecule has 4 nitrogen and oxygen atoms in total. The fourth-order valence-corrected chi connectivity index (χ4v) is 4.71. The third kappa shape index (κ3) is 3.38. The lowest BCUT2D eigenvalue weighted by Gasteiger charge is -2.34. The fourth-order valence-electron chi connectivity index (χ4n) is 2.93. The number of carbonyl (C=O) groups excluding carboxylic acids is 1. The average Bonchev–Trinajstić information content (AvgIpc) is 3.05. The molecule has 2 heterocycles. The molecule has 0 aliphatic carbocycles. The van der Waals surface area contributed by atoms with Crippen LogP contribution in [0.2, 0.25) is 5.02 Å². The Morgan fingerprint density at radius 3 is 2.64 bits per heavy atom. The van der Waals surface area contributed by atoms with Gasteiger partial charge in [0.05, 0.1) is 20.8 Å². The molecule has 1 fully saturated rings. The monoisotopic (exact) mass is 435 g/mol. The summed E-state index contributed by atoms with van der Waals surface area (Å²) in [5.41, 5.74) is 1.58. The van der Waals surface area contributed by atoms with Crippen molar-refractivity contribution in [3.05, 3.63) is 57.5 Å². The maximum absolute atomic E-state index is 12.6. The number of thiazole rings is 1. The number of hydrogen-bond donors (Lipinski definition) is 0. The molecule has 1 aliphatic rings. The summed E-state index contributed by atoms with van der Waals surface area (Å²) >= 11 is 11.3. The molecule has 0 saturated carbocycles. The zero-order valence-electron chi connectivity index (χ0n) is 13.3. The van der Waals surface area contributed by atoms with Crippen LogP contribution in [0.3, 0.4) is 0 Å². The predicted molar refractivity (Wildman–Crippen MR) is 107 cm³/mol. The van der Waals surface area contributed by atoms with Gasteiger partial charge >= 0.3 is 0 Å². The van der Waals surface area contributed by atoms with Gasteiger partial charge in [0.2, 0.25) is 0 Å². The number of anilines is 1. The lowest BCUT2D eigenvalue weighted by atomic mass is 10.2. The van der Waals surface area contributed by atoms with Crippen LogP contribution in [0.4, 0.5) is 5.13 Å². The highest BCUT2D eigenvalue weighted by atomic mass is 79.9. The minimum Gasteiger partial charge on any atom is -0.345 e. The van der Waals surface area contributed by atoms with Crippen LogP contribution in [0, 0.1) is 0 Å². The molecule has 1 aromatic heterocycles. The molecule has 4 rings (SSSR count). The molecule has 1 saturated heterocycles. The van der Waals surface area contributed by atoms with E-state index in [1.807, 2.05) is 29.2 Å². The zero-order valence-corrected chi connectivity index (χ0v) is 16.4. The second kappa shape index (κ2) is 6.94. The minimum atomic E-state index is -0.00141. The standard InChI is InChI=1S/C18H15BrClN3OS/c19-12-5-6-15-16(11-12)25-18(21-15)23-9-7-22(8-10-23)17(24)13-3-1-2-4-14(13)20/h1-6,11H,7-10H2. The van der Waals surface area contributed by atoms with Crippen LogP contribution < -0.4 is 4.90 Å². The van der Waals surface area contributed by atoms with Gasteiger partial charge in [-0.1, -0.05) is 51.0 Å². The van der Waals surface area contributed by atoms with E-state index in [1.165, 1.54) is 4.70 Å². The molecule has 7 heteroatoms. The highest BCUT2D eigenvalue weighted by Crippen LogP contribution is 2.31. The van der Waals surface area contributed by atoms with Gasteiger partial charge in [-0.2, -0.15) is 0 Å². The normalized spacial score (nSPS) is 15.0. The SMILES string of the molecule is O=C(c1ccccc1Cl)N1CCN(c2nc3ccc(Br)cc3s2)CC1. The molecule has 0 spiro atoms. The third-order valence-electron chi connectivity index (χ3n) is 4.28. The molecule has 0 unspecified atom stereocenters. The Balaban J connectivity index is 1.47. The van der Waals surface area contributed by atoms with Crippen molar-refractivity contribution in [2.24, 2.45) is 0 Å². The molecule has 0 N–H and O–H groups in total. The van der Waals surface area contributed by atoms with E-state index in [-0.39, 0.29) is 5.91 Å². The number of rotatable bonds is 2. The van der Waals surface area contributed by atoms with Crippen molar-refractivity contribution < 1.29 is 4.79 Å². The number of amides is 1. The van der Waals surface area contributed by atoms with Gasteiger partial charge in [0.15, 0.2) is 5.13 Å². The predicted octanol–water partition coefficient (Wildman–Crippen LogP) is 4.67. The first-order valence-electron chi connectivity index (χ1n) is 7.97. The Bertz CT molecular complexity index is 937. The van der Waals surface area contributed by atoms with Gasteiger partial charge in [0, 0.05) is 30.7 Å². The summed E-state index contributed by atoms with van der Waals surface area (Å²) in [6, 6.07) is 13.3. The quantitative estimate of drug-likeness (QED) is 0.585. The van der Waals surface area contributed by atoms with Crippen LogP contribution in [-0.2, 0) is 0 Å². The molecule has 128 valence electrons. The summed E-state index contributed by atoms with van der Waals surface area (Å²) in [5.74, 6) is -0.00141. The molecule has 2 aromatic carbocycles. The van der Waals surface area contributed by atoms with E-state index in [1.54, 1.807) is 23.5 Å². The van der Waals surface area contributed by atoms with E-state index in [0.717, 1.165) is 28.2 Å². The van der Waals surface area contributed by atoms with Gasteiger partial charge in [-0.3, -0.25) is 4.79 Å². The minimum absolute atomic E-state index is 0.00141. The number of halogens is 2. The molecule has 3 aromatic rings. The average molecular weight is 437 g/mol. The van der Waals surface area contributed by atoms with Crippen molar-refractivity contribution in [2.45, 2.75) is 0 Å². The van der Waals surface area contributed by atoms with Crippen LogP contribution in [-0.4, -0.2) is 42.0 Å². The molecule has 1 aliphatic heterocycles. The molecule has 0 radical (unpaired) electrons. The van der Waals surface area contributed by atoms with Crippen molar-refractivity contribution in [3.63, 3.8) is 0 Å². The zero-order chi connectivity index (χ0) is 17.4. The van der Waals surface area contributed by atoms with Crippen LogP contribution >= 0.6 is 38.9 Å².